The molecule has 1 saturated carbocycles. The van der Waals surface area contributed by atoms with Crippen LogP contribution in [0.25, 0.3) is 0 Å². The van der Waals surface area contributed by atoms with Crippen molar-refractivity contribution in [3.05, 3.63) is 0 Å². The van der Waals surface area contributed by atoms with Crippen LogP contribution < -0.4 is 0 Å². The van der Waals surface area contributed by atoms with E-state index in [1.165, 1.54) is 58.5 Å². The summed E-state index contributed by atoms with van der Waals surface area (Å²) < 4.78 is 0. The maximum Gasteiger partial charge on any atom is 0.0110 e. The SMILES string of the molecule is CCC1CC(CN2CCN(CC)CC2)C1. The minimum Gasteiger partial charge on any atom is -0.301 e. The van der Waals surface area contributed by atoms with E-state index < -0.39 is 0 Å². The predicted octanol–water partition coefficient (Wildman–Crippen LogP) is 2.06. The Bertz CT molecular complexity index is 179. The standard InChI is InChI=1S/C13H26N2/c1-3-12-9-13(10-12)11-15-7-5-14(4-2)6-8-15/h12-13H,3-11H2,1-2H3. The molecule has 0 amide bonds. The van der Waals surface area contributed by atoms with Crippen LogP contribution in [0, 0.1) is 11.8 Å². The van der Waals surface area contributed by atoms with Gasteiger partial charge >= 0.3 is 0 Å². The maximum absolute atomic E-state index is 2.68. The summed E-state index contributed by atoms with van der Waals surface area (Å²) in [6.07, 6.45) is 4.41. The average molecular weight is 210 g/mol. The molecule has 0 aromatic carbocycles. The van der Waals surface area contributed by atoms with E-state index in [2.05, 4.69) is 23.6 Å². The highest BCUT2D eigenvalue weighted by Gasteiger charge is 2.29. The lowest BCUT2D eigenvalue weighted by molar-refractivity contribution is 0.0799. The Morgan fingerprint density at radius 1 is 0.867 bits per heavy atom. The van der Waals surface area contributed by atoms with Crippen molar-refractivity contribution in [2.75, 3.05) is 39.3 Å². The smallest absolute Gasteiger partial charge is 0.0110 e. The molecule has 1 aliphatic heterocycles. The van der Waals surface area contributed by atoms with Gasteiger partial charge in [-0.25, -0.2) is 0 Å². The first kappa shape index (κ1) is 11.4. The van der Waals surface area contributed by atoms with Crippen LogP contribution in [0.5, 0.6) is 0 Å². The highest BCUT2D eigenvalue weighted by atomic mass is 15.3. The molecule has 2 nitrogen and oxygen atoms in total. The van der Waals surface area contributed by atoms with Crippen LogP contribution in [-0.2, 0) is 0 Å². The van der Waals surface area contributed by atoms with Gasteiger partial charge in [0.25, 0.3) is 0 Å². The summed E-state index contributed by atoms with van der Waals surface area (Å²) in [5.41, 5.74) is 0. The first-order valence-corrected chi connectivity index (χ1v) is 6.76. The van der Waals surface area contributed by atoms with E-state index in [0.29, 0.717) is 0 Å². The van der Waals surface area contributed by atoms with Crippen LogP contribution in [0.2, 0.25) is 0 Å². The van der Waals surface area contributed by atoms with Crippen molar-refractivity contribution in [1.82, 2.24) is 9.80 Å². The third kappa shape index (κ3) is 2.94. The molecule has 2 rings (SSSR count). The molecule has 15 heavy (non-hydrogen) atoms. The number of nitrogens with zero attached hydrogens (tertiary/aromatic N) is 2. The van der Waals surface area contributed by atoms with E-state index in [9.17, 15) is 0 Å². The molecule has 0 atom stereocenters. The minimum atomic E-state index is 1.03. The van der Waals surface area contributed by atoms with Crippen LogP contribution in [0.3, 0.4) is 0 Å². The summed E-state index contributed by atoms with van der Waals surface area (Å²) in [6.45, 7) is 12.4. The molecule has 0 aromatic rings. The van der Waals surface area contributed by atoms with Gasteiger partial charge in [0.2, 0.25) is 0 Å². The van der Waals surface area contributed by atoms with E-state index in [0.717, 1.165) is 11.8 Å². The Morgan fingerprint density at radius 3 is 2.00 bits per heavy atom. The van der Waals surface area contributed by atoms with Crippen molar-refractivity contribution < 1.29 is 0 Å². The Hall–Kier alpha value is -0.0800. The second-order valence-corrected chi connectivity index (χ2v) is 5.35. The fourth-order valence-corrected chi connectivity index (χ4v) is 3.01. The zero-order chi connectivity index (χ0) is 10.7. The zero-order valence-electron chi connectivity index (χ0n) is 10.4. The van der Waals surface area contributed by atoms with Crippen molar-refractivity contribution in [2.24, 2.45) is 11.8 Å². The van der Waals surface area contributed by atoms with Crippen LogP contribution >= 0.6 is 0 Å². The number of hydrogen-bond donors (Lipinski definition) is 0. The maximum atomic E-state index is 2.68. The molecule has 2 fully saturated rings. The Morgan fingerprint density at radius 2 is 1.47 bits per heavy atom. The lowest BCUT2D eigenvalue weighted by Crippen LogP contribution is -2.48. The second kappa shape index (κ2) is 5.31. The number of likely N-dealkylation sites (N-methyl/N-ethyl adjacent to an activating group) is 1. The van der Waals surface area contributed by atoms with E-state index >= 15 is 0 Å². The normalized spacial score (nSPS) is 34.0. The summed E-state index contributed by atoms with van der Waals surface area (Å²) in [5.74, 6) is 2.09. The lowest BCUT2D eigenvalue weighted by Gasteiger charge is -2.41. The largest absolute Gasteiger partial charge is 0.301 e. The van der Waals surface area contributed by atoms with Crippen LogP contribution in [0.1, 0.15) is 33.1 Å². The molecule has 0 spiro atoms. The summed E-state index contributed by atoms with van der Waals surface area (Å²) in [6, 6.07) is 0. The molecule has 0 bridgehead atoms. The van der Waals surface area contributed by atoms with Crippen molar-refractivity contribution in [3.63, 3.8) is 0 Å². The van der Waals surface area contributed by atoms with Gasteiger partial charge in [-0.3, -0.25) is 0 Å². The first-order chi connectivity index (χ1) is 7.31. The van der Waals surface area contributed by atoms with Crippen LogP contribution in [0.4, 0.5) is 0 Å². The summed E-state index contributed by atoms with van der Waals surface area (Å²) in [5, 5.41) is 0. The monoisotopic (exact) mass is 210 g/mol. The molecule has 1 heterocycles. The van der Waals surface area contributed by atoms with Crippen LogP contribution in [-0.4, -0.2) is 49.1 Å². The highest BCUT2D eigenvalue weighted by Crippen LogP contribution is 2.36. The fourth-order valence-electron chi connectivity index (χ4n) is 3.01. The highest BCUT2D eigenvalue weighted by molar-refractivity contribution is 4.82. The third-order valence-corrected chi connectivity index (χ3v) is 4.34. The van der Waals surface area contributed by atoms with Gasteiger partial charge in [-0.1, -0.05) is 20.3 Å². The summed E-state index contributed by atoms with van der Waals surface area (Å²) >= 11 is 0. The molecule has 88 valence electrons. The molecule has 0 aromatic heterocycles. The molecule has 1 saturated heterocycles. The Labute approximate surface area is 94.6 Å². The first-order valence-electron chi connectivity index (χ1n) is 6.76. The van der Waals surface area contributed by atoms with Crippen molar-refractivity contribution >= 4 is 0 Å². The minimum absolute atomic E-state index is 1.03. The lowest BCUT2D eigenvalue weighted by atomic mass is 9.73. The van der Waals surface area contributed by atoms with Gasteiger partial charge in [-0.2, -0.15) is 0 Å². The molecular weight excluding hydrogens is 184 g/mol. The van der Waals surface area contributed by atoms with E-state index in [1.54, 1.807) is 0 Å². The van der Waals surface area contributed by atoms with E-state index in [4.69, 9.17) is 0 Å². The molecule has 1 aliphatic carbocycles. The van der Waals surface area contributed by atoms with Crippen molar-refractivity contribution in [3.8, 4) is 0 Å². The Balaban J connectivity index is 1.61. The number of hydrogen-bond acceptors (Lipinski definition) is 2. The van der Waals surface area contributed by atoms with E-state index in [-0.39, 0.29) is 0 Å². The van der Waals surface area contributed by atoms with Gasteiger partial charge in [-0.15, -0.1) is 0 Å². The number of rotatable bonds is 4. The molecule has 0 radical (unpaired) electrons. The summed E-state index contributed by atoms with van der Waals surface area (Å²) in [7, 11) is 0. The van der Waals surface area contributed by atoms with Gasteiger partial charge in [0.1, 0.15) is 0 Å². The van der Waals surface area contributed by atoms with Gasteiger partial charge < -0.3 is 9.80 Å². The molecule has 2 aliphatic rings. The second-order valence-electron chi connectivity index (χ2n) is 5.35. The quantitative estimate of drug-likeness (QED) is 0.701. The molecule has 0 N–H and O–H groups in total. The van der Waals surface area contributed by atoms with Gasteiger partial charge in [0.05, 0.1) is 0 Å². The average Bonchev–Trinajstić information content (AvgIpc) is 2.23. The van der Waals surface area contributed by atoms with Crippen molar-refractivity contribution in [1.29, 1.82) is 0 Å². The predicted molar refractivity (Wildman–Crippen MR) is 65.1 cm³/mol. The topological polar surface area (TPSA) is 6.48 Å². The summed E-state index contributed by atoms with van der Waals surface area (Å²) in [4.78, 5) is 5.24. The van der Waals surface area contributed by atoms with Crippen molar-refractivity contribution in [2.45, 2.75) is 33.1 Å². The number of piperazine rings is 1. The molecule has 0 unspecified atom stereocenters. The Kier molecular flexibility index (Phi) is 4.04. The van der Waals surface area contributed by atoms with Gasteiger partial charge in [0.15, 0.2) is 0 Å². The third-order valence-electron chi connectivity index (χ3n) is 4.34. The molecule has 2 heteroatoms. The molecular formula is C13H26N2. The van der Waals surface area contributed by atoms with Gasteiger partial charge in [-0.05, 0) is 31.2 Å². The van der Waals surface area contributed by atoms with E-state index in [1.807, 2.05) is 0 Å². The fraction of sp³-hybridized carbons (Fsp3) is 1.00. The van der Waals surface area contributed by atoms with Gasteiger partial charge in [0, 0.05) is 32.7 Å². The van der Waals surface area contributed by atoms with Crippen LogP contribution in [0.15, 0.2) is 0 Å². The zero-order valence-corrected chi connectivity index (χ0v) is 10.4.